The van der Waals surface area contributed by atoms with Crippen LogP contribution >= 0.6 is 11.3 Å². The van der Waals surface area contributed by atoms with Crippen molar-refractivity contribution in [2.24, 2.45) is 5.92 Å². The molecule has 31 heavy (non-hydrogen) atoms. The number of thiazole rings is 1. The van der Waals surface area contributed by atoms with Crippen molar-refractivity contribution >= 4 is 33.0 Å². The number of hydrogen-bond donors (Lipinski definition) is 1. The molecule has 1 aromatic heterocycles. The van der Waals surface area contributed by atoms with Crippen LogP contribution in [0.3, 0.4) is 0 Å². The predicted molar refractivity (Wildman–Crippen MR) is 119 cm³/mol. The van der Waals surface area contributed by atoms with Gasteiger partial charge < -0.3 is 5.32 Å². The standard InChI is InChI=1S/C22H22FN3O3S2/c1-15-24-20(14-30-15)17-5-4-6-18(13-17)25-22(27)16-9-11-26(12-10-16)31(28,29)21-8-3-2-7-19(21)23/h2-8,13-14,16H,9-12H2,1H3,(H,25,27). The minimum Gasteiger partial charge on any atom is -0.326 e. The van der Waals surface area contributed by atoms with E-state index in [1.807, 2.05) is 36.6 Å². The molecular weight excluding hydrogens is 437 g/mol. The number of carbonyl (C=O) groups is 1. The summed E-state index contributed by atoms with van der Waals surface area (Å²) in [5.74, 6) is -1.22. The van der Waals surface area contributed by atoms with Crippen LogP contribution in [-0.4, -0.2) is 36.7 Å². The van der Waals surface area contributed by atoms with Gasteiger partial charge in [-0.25, -0.2) is 17.8 Å². The van der Waals surface area contributed by atoms with E-state index < -0.39 is 15.8 Å². The zero-order valence-electron chi connectivity index (χ0n) is 16.9. The van der Waals surface area contributed by atoms with E-state index in [9.17, 15) is 17.6 Å². The molecule has 162 valence electrons. The Morgan fingerprint density at radius 2 is 1.90 bits per heavy atom. The van der Waals surface area contributed by atoms with Crippen molar-refractivity contribution in [1.82, 2.24) is 9.29 Å². The third-order valence-corrected chi connectivity index (χ3v) is 8.03. The van der Waals surface area contributed by atoms with E-state index in [1.165, 1.54) is 22.5 Å². The van der Waals surface area contributed by atoms with Gasteiger partial charge in [0.1, 0.15) is 10.7 Å². The van der Waals surface area contributed by atoms with Crippen LogP contribution in [0.4, 0.5) is 10.1 Å². The van der Waals surface area contributed by atoms with Crippen LogP contribution in [0.25, 0.3) is 11.3 Å². The number of benzene rings is 2. The van der Waals surface area contributed by atoms with Gasteiger partial charge in [0.15, 0.2) is 0 Å². The molecule has 2 aromatic carbocycles. The Balaban J connectivity index is 1.39. The van der Waals surface area contributed by atoms with Crippen molar-refractivity contribution in [3.05, 3.63) is 64.7 Å². The number of aromatic nitrogens is 1. The second kappa shape index (κ2) is 8.86. The zero-order valence-corrected chi connectivity index (χ0v) is 18.5. The fourth-order valence-corrected chi connectivity index (χ4v) is 5.80. The molecule has 1 fully saturated rings. The maximum Gasteiger partial charge on any atom is 0.245 e. The molecule has 1 aliphatic heterocycles. The minimum absolute atomic E-state index is 0.144. The van der Waals surface area contributed by atoms with Gasteiger partial charge in [0.2, 0.25) is 15.9 Å². The molecule has 1 saturated heterocycles. The Morgan fingerprint density at radius 1 is 1.16 bits per heavy atom. The number of nitrogens with one attached hydrogen (secondary N) is 1. The van der Waals surface area contributed by atoms with Crippen molar-refractivity contribution in [2.45, 2.75) is 24.7 Å². The highest BCUT2D eigenvalue weighted by atomic mass is 32.2. The summed E-state index contributed by atoms with van der Waals surface area (Å²) in [6.45, 7) is 2.29. The van der Waals surface area contributed by atoms with Crippen LogP contribution < -0.4 is 5.32 Å². The van der Waals surface area contributed by atoms with Crippen LogP contribution in [0.1, 0.15) is 17.8 Å². The molecule has 6 nitrogen and oxygen atoms in total. The lowest BCUT2D eigenvalue weighted by atomic mass is 9.97. The van der Waals surface area contributed by atoms with Gasteiger partial charge in [-0.1, -0.05) is 24.3 Å². The molecular formula is C22H22FN3O3S2. The first kappa shape index (κ1) is 21.6. The summed E-state index contributed by atoms with van der Waals surface area (Å²) in [6.07, 6.45) is 0.759. The fraction of sp³-hybridized carbons (Fsp3) is 0.273. The SMILES string of the molecule is Cc1nc(-c2cccc(NC(=O)C3CCN(S(=O)(=O)c4ccccc4F)CC3)c2)cs1. The molecule has 0 unspecified atom stereocenters. The number of amides is 1. The number of carbonyl (C=O) groups excluding carboxylic acids is 1. The Labute approximate surface area is 184 Å². The Kier molecular flexibility index (Phi) is 6.17. The summed E-state index contributed by atoms with van der Waals surface area (Å²) >= 11 is 1.57. The Hall–Kier alpha value is -2.62. The topological polar surface area (TPSA) is 79.4 Å². The number of anilines is 1. The van der Waals surface area contributed by atoms with Crippen molar-refractivity contribution in [3.63, 3.8) is 0 Å². The van der Waals surface area contributed by atoms with E-state index in [2.05, 4.69) is 10.3 Å². The normalized spacial score (nSPS) is 15.7. The first-order chi connectivity index (χ1) is 14.8. The molecule has 0 spiro atoms. The summed E-state index contributed by atoms with van der Waals surface area (Å²) in [6, 6.07) is 12.9. The highest BCUT2D eigenvalue weighted by molar-refractivity contribution is 7.89. The van der Waals surface area contributed by atoms with Crippen LogP contribution in [0.15, 0.2) is 58.8 Å². The molecule has 2 heterocycles. The maximum atomic E-state index is 14.0. The van der Waals surface area contributed by atoms with Gasteiger partial charge in [-0.2, -0.15) is 4.31 Å². The number of hydrogen-bond acceptors (Lipinski definition) is 5. The number of nitrogens with zero attached hydrogens (tertiary/aromatic N) is 2. The van der Waals surface area contributed by atoms with Crippen LogP contribution in [-0.2, 0) is 14.8 Å². The van der Waals surface area contributed by atoms with Crippen molar-refractivity contribution < 1.29 is 17.6 Å². The lowest BCUT2D eigenvalue weighted by Crippen LogP contribution is -2.41. The fourth-order valence-electron chi connectivity index (χ4n) is 3.65. The minimum atomic E-state index is -3.91. The van der Waals surface area contributed by atoms with E-state index >= 15 is 0 Å². The number of sulfonamides is 1. The number of piperidine rings is 1. The summed E-state index contributed by atoms with van der Waals surface area (Å²) in [5.41, 5.74) is 2.47. The lowest BCUT2D eigenvalue weighted by Gasteiger charge is -2.30. The third-order valence-electron chi connectivity index (χ3n) is 5.32. The Bertz CT molecular complexity index is 1200. The maximum absolute atomic E-state index is 14.0. The van der Waals surface area contributed by atoms with Gasteiger partial charge in [0.05, 0.1) is 10.7 Å². The van der Waals surface area contributed by atoms with Gasteiger partial charge in [-0.3, -0.25) is 4.79 Å². The molecule has 9 heteroatoms. The molecule has 1 amide bonds. The highest BCUT2D eigenvalue weighted by Gasteiger charge is 2.33. The van der Waals surface area contributed by atoms with E-state index in [0.29, 0.717) is 18.5 Å². The molecule has 0 saturated carbocycles. The van der Waals surface area contributed by atoms with Gasteiger partial charge in [0.25, 0.3) is 0 Å². The van der Waals surface area contributed by atoms with Gasteiger partial charge in [0, 0.05) is 35.6 Å². The van der Waals surface area contributed by atoms with Crippen molar-refractivity contribution in [2.75, 3.05) is 18.4 Å². The summed E-state index contributed by atoms with van der Waals surface area (Å²) in [5, 5.41) is 5.88. The van der Waals surface area contributed by atoms with Crippen LogP contribution in [0.5, 0.6) is 0 Å². The van der Waals surface area contributed by atoms with E-state index in [-0.39, 0.29) is 29.8 Å². The summed E-state index contributed by atoms with van der Waals surface area (Å²) in [4.78, 5) is 16.9. The van der Waals surface area contributed by atoms with Crippen molar-refractivity contribution in [1.29, 1.82) is 0 Å². The number of halogens is 1. The largest absolute Gasteiger partial charge is 0.326 e. The van der Waals surface area contributed by atoms with Gasteiger partial charge >= 0.3 is 0 Å². The quantitative estimate of drug-likeness (QED) is 0.617. The molecule has 0 atom stereocenters. The van der Waals surface area contributed by atoms with Gasteiger partial charge in [-0.05, 0) is 44.0 Å². The smallest absolute Gasteiger partial charge is 0.245 e. The molecule has 0 aliphatic carbocycles. The number of rotatable bonds is 5. The first-order valence-electron chi connectivity index (χ1n) is 9.93. The van der Waals surface area contributed by atoms with Crippen LogP contribution in [0.2, 0.25) is 0 Å². The zero-order chi connectivity index (χ0) is 22.0. The average Bonchev–Trinajstić information content (AvgIpc) is 3.20. The highest BCUT2D eigenvalue weighted by Crippen LogP contribution is 2.27. The van der Waals surface area contributed by atoms with Gasteiger partial charge in [-0.15, -0.1) is 11.3 Å². The first-order valence-corrected chi connectivity index (χ1v) is 12.2. The third kappa shape index (κ3) is 4.68. The van der Waals surface area contributed by atoms with E-state index in [0.717, 1.165) is 22.3 Å². The molecule has 1 N–H and O–H groups in total. The lowest BCUT2D eigenvalue weighted by molar-refractivity contribution is -0.120. The second-order valence-electron chi connectivity index (χ2n) is 7.43. The molecule has 0 bridgehead atoms. The Morgan fingerprint density at radius 3 is 2.58 bits per heavy atom. The summed E-state index contributed by atoms with van der Waals surface area (Å²) < 4.78 is 40.7. The predicted octanol–water partition coefficient (Wildman–Crippen LogP) is 4.30. The molecule has 4 rings (SSSR count). The molecule has 3 aromatic rings. The second-order valence-corrected chi connectivity index (χ2v) is 10.4. The van der Waals surface area contributed by atoms with E-state index in [4.69, 9.17) is 0 Å². The van der Waals surface area contributed by atoms with E-state index in [1.54, 1.807) is 11.3 Å². The molecule has 0 radical (unpaired) electrons. The average molecular weight is 460 g/mol. The molecule has 1 aliphatic rings. The monoisotopic (exact) mass is 459 g/mol. The number of aryl methyl sites for hydroxylation is 1. The van der Waals surface area contributed by atoms with Crippen molar-refractivity contribution in [3.8, 4) is 11.3 Å². The van der Waals surface area contributed by atoms with Crippen LogP contribution in [0, 0.1) is 18.7 Å². The summed E-state index contributed by atoms with van der Waals surface area (Å²) in [7, 11) is -3.91.